The van der Waals surface area contributed by atoms with E-state index in [9.17, 15) is 5.11 Å². The smallest absolute Gasteiger partial charge is 0.145 e. The molecule has 0 bridgehead atoms. The Balaban J connectivity index is 2.19. The number of halogens is 1. The Morgan fingerprint density at radius 1 is 1.06 bits per heavy atom. The maximum atomic E-state index is 9.82. The van der Waals surface area contributed by atoms with Crippen LogP contribution in [0.5, 0.6) is 5.75 Å². The van der Waals surface area contributed by atoms with E-state index in [4.69, 9.17) is 17.3 Å². The molecule has 5 nitrogen and oxygen atoms in total. The predicted octanol–water partition coefficient (Wildman–Crippen LogP) is 2.36. The molecular formula is C12H9ClN4O. The van der Waals surface area contributed by atoms with E-state index < -0.39 is 0 Å². The minimum Gasteiger partial charge on any atom is -0.506 e. The molecule has 0 saturated heterocycles. The number of nitrogens with zero attached hydrogens (tertiary/aromatic N) is 3. The Labute approximate surface area is 107 Å². The molecule has 1 aromatic heterocycles. The first-order valence-corrected chi connectivity index (χ1v) is 5.63. The number of phenols is 1. The van der Waals surface area contributed by atoms with Gasteiger partial charge in [0, 0.05) is 16.8 Å². The number of benzene rings is 2. The Hall–Kier alpha value is -2.27. The summed E-state index contributed by atoms with van der Waals surface area (Å²) in [6.07, 6.45) is 0. The lowest BCUT2D eigenvalue weighted by atomic mass is 10.2. The monoisotopic (exact) mass is 260 g/mol. The third-order valence-corrected chi connectivity index (χ3v) is 2.79. The van der Waals surface area contributed by atoms with E-state index >= 15 is 0 Å². The predicted molar refractivity (Wildman–Crippen MR) is 70.0 cm³/mol. The molecule has 0 radical (unpaired) electrons. The van der Waals surface area contributed by atoms with Crippen molar-refractivity contribution in [2.45, 2.75) is 0 Å². The second kappa shape index (κ2) is 3.89. The maximum Gasteiger partial charge on any atom is 0.145 e. The molecule has 0 saturated carbocycles. The fourth-order valence-corrected chi connectivity index (χ4v) is 1.87. The average molecular weight is 261 g/mol. The molecule has 1 heterocycles. The fraction of sp³-hybridized carbons (Fsp3) is 0. The molecule has 3 aromatic rings. The Bertz CT molecular complexity index is 738. The molecule has 0 atom stereocenters. The standard InChI is InChI=1S/C12H9ClN4O/c13-7-1-3-9-10(5-7)16-17(15-9)11-4-2-8(14)6-12(11)18/h1-6,18H,14H2. The highest BCUT2D eigenvalue weighted by Gasteiger charge is 2.09. The van der Waals surface area contributed by atoms with Crippen LogP contribution >= 0.6 is 11.6 Å². The van der Waals surface area contributed by atoms with Crippen LogP contribution < -0.4 is 5.73 Å². The number of nitrogens with two attached hydrogens (primary N) is 1. The van der Waals surface area contributed by atoms with E-state index in [0.29, 0.717) is 27.4 Å². The molecule has 0 amide bonds. The molecule has 3 N–H and O–H groups in total. The third-order valence-electron chi connectivity index (χ3n) is 2.56. The van der Waals surface area contributed by atoms with Gasteiger partial charge in [-0.3, -0.25) is 0 Å². The second-order valence-electron chi connectivity index (χ2n) is 3.87. The van der Waals surface area contributed by atoms with E-state index in [-0.39, 0.29) is 5.75 Å². The van der Waals surface area contributed by atoms with Crippen molar-refractivity contribution in [3.05, 3.63) is 41.4 Å². The SMILES string of the molecule is Nc1ccc(-n2nc3ccc(Cl)cc3n2)c(O)c1. The first-order valence-electron chi connectivity index (χ1n) is 5.25. The molecule has 3 rings (SSSR count). The van der Waals surface area contributed by atoms with Gasteiger partial charge in [0.2, 0.25) is 0 Å². The minimum absolute atomic E-state index is 0.0291. The summed E-state index contributed by atoms with van der Waals surface area (Å²) in [4.78, 5) is 1.36. The molecular weight excluding hydrogens is 252 g/mol. The molecule has 0 unspecified atom stereocenters. The van der Waals surface area contributed by atoms with Gasteiger partial charge < -0.3 is 10.8 Å². The van der Waals surface area contributed by atoms with Crippen LogP contribution in [0.4, 0.5) is 5.69 Å². The van der Waals surface area contributed by atoms with Crippen LogP contribution in [0.25, 0.3) is 16.7 Å². The van der Waals surface area contributed by atoms with Crippen molar-refractivity contribution in [3.8, 4) is 11.4 Å². The zero-order valence-corrected chi connectivity index (χ0v) is 9.96. The van der Waals surface area contributed by atoms with E-state index in [2.05, 4.69) is 10.2 Å². The highest BCUT2D eigenvalue weighted by Crippen LogP contribution is 2.24. The number of aromatic hydroxyl groups is 1. The van der Waals surface area contributed by atoms with Crippen molar-refractivity contribution in [1.82, 2.24) is 15.0 Å². The van der Waals surface area contributed by atoms with Gasteiger partial charge in [-0.2, -0.15) is 0 Å². The number of rotatable bonds is 1. The molecule has 0 fully saturated rings. The van der Waals surface area contributed by atoms with E-state index in [1.54, 1.807) is 30.3 Å². The van der Waals surface area contributed by atoms with Gasteiger partial charge in [0.1, 0.15) is 22.5 Å². The quantitative estimate of drug-likeness (QED) is 0.659. The molecule has 0 spiro atoms. The van der Waals surface area contributed by atoms with Gasteiger partial charge in [0.15, 0.2) is 0 Å². The maximum absolute atomic E-state index is 9.82. The lowest BCUT2D eigenvalue weighted by Crippen LogP contribution is -1.99. The topological polar surface area (TPSA) is 77.0 Å². The first-order chi connectivity index (χ1) is 8.63. The van der Waals surface area contributed by atoms with Gasteiger partial charge in [-0.05, 0) is 30.3 Å². The van der Waals surface area contributed by atoms with Crippen LogP contribution in [0.15, 0.2) is 36.4 Å². The summed E-state index contributed by atoms with van der Waals surface area (Å²) in [5, 5.41) is 18.9. The fourth-order valence-electron chi connectivity index (χ4n) is 1.71. The van der Waals surface area contributed by atoms with Crippen LogP contribution in [-0.4, -0.2) is 20.1 Å². The van der Waals surface area contributed by atoms with E-state index in [1.807, 2.05) is 0 Å². The number of phenolic OH excluding ortho intramolecular Hbond substituents is 1. The van der Waals surface area contributed by atoms with Crippen LogP contribution in [-0.2, 0) is 0 Å². The summed E-state index contributed by atoms with van der Waals surface area (Å²) >= 11 is 5.88. The van der Waals surface area contributed by atoms with Crippen molar-refractivity contribution in [3.63, 3.8) is 0 Å². The van der Waals surface area contributed by atoms with Crippen molar-refractivity contribution >= 4 is 28.3 Å². The summed E-state index contributed by atoms with van der Waals surface area (Å²) in [5.41, 5.74) is 7.89. The third kappa shape index (κ3) is 1.74. The summed E-state index contributed by atoms with van der Waals surface area (Å²) < 4.78 is 0. The number of anilines is 1. The molecule has 90 valence electrons. The van der Waals surface area contributed by atoms with E-state index in [0.717, 1.165) is 0 Å². The first kappa shape index (κ1) is 10.9. The van der Waals surface area contributed by atoms with E-state index in [1.165, 1.54) is 10.9 Å². The highest BCUT2D eigenvalue weighted by atomic mass is 35.5. The number of aromatic nitrogens is 3. The largest absolute Gasteiger partial charge is 0.506 e. The molecule has 18 heavy (non-hydrogen) atoms. The highest BCUT2D eigenvalue weighted by molar-refractivity contribution is 6.31. The van der Waals surface area contributed by atoms with Gasteiger partial charge in [0.25, 0.3) is 0 Å². The van der Waals surface area contributed by atoms with Crippen molar-refractivity contribution in [2.75, 3.05) is 5.73 Å². The van der Waals surface area contributed by atoms with Crippen LogP contribution in [0.2, 0.25) is 5.02 Å². The molecule has 0 aliphatic carbocycles. The van der Waals surface area contributed by atoms with Gasteiger partial charge in [-0.25, -0.2) is 0 Å². The second-order valence-corrected chi connectivity index (χ2v) is 4.31. The molecule has 2 aromatic carbocycles. The average Bonchev–Trinajstić information content (AvgIpc) is 2.71. The lowest BCUT2D eigenvalue weighted by molar-refractivity contribution is 0.468. The zero-order chi connectivity index (χ0) is 12.7. The summed E-state index contributed by atoms with van der Waals surface area (Å²) in [6, 6.07) is 10.0. The number of hydrogen-bond acceptors (Lipinski definition) is 4. The van der Waals surface area contributed by atoms with Crippen LogP contribution in [0, 0.1) is 0 Å². The van der Waals surface area contributed by atoms with Gasteiger partial charge in [0.05, 0.1) is 0 Å². The number of hydrogen-bond donors (Lipinski definition) is 2. The number of fused-ring (bicyclic) bond motifs is 1. The summed E-state index contributed by atoms with van der Waals surface area (Å²) in [6.45, 7) is 0. The number of nitrogen functional groups attached to an aromatic ring is 1. The van der Waals surface area contributed by atoms with Crippen LogP contribution in [0.3, 0.4) is 0 Å². The van der Waals surface area contributed by atoms with Gasteiger partial charge in [-0.1, -0.05) is 11.6 Å². The van der Waals surface area contributed by atoms with Crippen molar-refractivity contribution in [1.29, 1.82) is 0 Å². The van der Waals surface area contributed by atoms with Gasteiger partial charge >= 0.3 is 0 Å². The summed E-state index contributed by atoms with van der Waals surface area (Å²) in [5.74, 6) is 0.0291. The summed E-state index contributed by atoms with van der Waals surface area (Å²) in [7, 11) is 0. The lowest BCUT2D eigenvalue weighted by Gasteiger charge is -2.02. The normalized spacial score (nSPS) is 10.9. The van der Waals surface area contributed by atoms with Crippen LogP contribution in [0.1, 0.15) is 0 Å². The Morgan fingerprint density at radius 2 is 1.83 bits per heavy atom. The van der Waals surface area contributed by atoms with Gasteiger partial charge in [-0.15, -0.1) is 15.0 Å². The van der Waals surface area contributed by atoms with Crippen molar-refractivity contribution < 1.29 is 5.11 Å². The molecule has 0 aliphatic heterocycles. The molecule has 0 aliphatic rings. The Kier molecular flexibility index (Phi) is 2.34. The Morgan fingerprint density at radius 3 is 2.61 bits per heavy atom. The minimum atomic E-state index is 0.0291. The molecule has 6 heteroatoms. The van der Waals surface area contributed by atoms with Crippen molar-refractivity contribution in [2.24, 2.45) is 0 Å². The zero-order valence-electron chi connectivity index (χ0n) is 9.21.